The zero-order valence-electron chi connectivity index (χ0n) is 10.1. The summed E-state index contributed by atoms with van der Waals surface area (Å²) in [4.78, 5) is 0. The molecule has 0 radical (unpaired) electrons. The highest BCUT2D eigenvalue weighted by molar-refractivity contribution is 5.81. The van der Waals surface area contributed by atoms with Gasteiger partial charge in [-0.05, 0) is 41.6 Å². The van der Waals surface area contributed by atoms with Crippen LogP contribution in [-0.2, 0) is 6.42 Å². The average Bonchev–Trinajstić information content (AvgIpc) is 2.84. The average molecular weight is 237 g/mol. The standard InChI is InChI=1S/C16H15NO/c18-12-10-13-5-7-15(8-6-13)17-11-9-14-3-1-2-4-16(14)17/h1-9,11,18H,10,12H2. The molecule has 0 bridgehead atoms. The van der Waals surface area contributed by atoms with Gasteiger partial charge in [0.05, 0.1) is 5.52 Å². The molecule has 1 aromatic heterocycles. The lowest BCUT2D eigenvalue weighted by Crippen LogP contribution is -1.94. The fourth-order valence-electron chi connectivity index (χ4n) is 2.26. The van der Waals surface area contributed by atoms with Gasteiger partial charge in [0.2, 0.25) is 0 Å². The molecule has 0 atom stereocenters. The van der Waals surface area contributed by atoms with Crippen LogP contribution < -0.4 is 0 Å². The number of para-hydroxylation sites is 1. The lowest BCUT2D eigenvalue weighted by atomic mass is 10.1. The van der Waals surface area contributed by atoms with Crippen molar-refractivity contribution in [3.05, 3.63) is 66.4 Å². The van der Waals surface area contributed by atoms with Crippen molar-refractivity contribution >= 4 is 10.9 Å². The first-order valence-electron chi connectivity index (χ1n) is 6.15. The Morgan fingerprint density at radius 1 is 0.889 bits per heavy atom. The summed E-state index contributed by atoms with van der Waals surface area (Å²) in [5.41, 5.74) is 3.53. The zero-order valence-corrected chi connectivity index (χ0v) is 10.1. The van der Waals surface area contributed by atoms with Crippen LogP contribution >= 0.6 is 0 Å². The molecule has 0 unspecified atom stereocenters. The van der Waals surface area contributed by atoms with Crippen LogP contribution in [0, 0.1) is 0 Å². The SMILES string of the molecule is OCCc1ccc(-n2ccc3ccccc32)cc1. The van der Waals surface area contributed by atoms with Crippen molar-refractivity contribution in [1.29, 1.82) is 0 Å². The molecule has 0 amide bonds. The second-order valence-corrected chi connectivity index (χ2v) is 4.38. The summed E-state index contributed by atoms with van der Waals surface area (Å²) >= 11 is 0. The molecular weight excluding hydrogens is 222 g/mol. The first-order valence-corrected chi connectivity index (χ1v) is 6.15. The van der Waals surface area contributed by atoms with Crippen LogP contribution in [0.2, 0.25) is 0 Å². The Morgan fingerprint density at radius 2 is 1.67 bits per heavy atom. The Balaban J connectivity index is 2.03. The fourth-order valence-corrected chi connectivity index (χ4v) is 2.26. The molecule has 3 aromatic rings. The number of hydrogen-bond donors (Lipinski definition) is 1. The lowest BCUT2D eigenvalue weighted by molar-refractivity contribution is 0.299. The molecule has 0 aliphatic rings. The quantitative estimate of drug-likeness (QED) is 0.743. The highest BCUT2D eigenvalue weighted by Gasteiger charge is 2.02. The molecule has 2 nitrogen and oxygen atoms in total. The summed E-state index contributed by atoms with van der Waals surface area (Å²) in [6.45, 7) is 0.200. The van der Waals surface area contributed by atoms with Gasteiger partial charge in [-0.3, -0.25) is 0 Å². The molecule has 1 N–H and O–H groups in total. The summed E-state index contributed by atoms with van der Waals surface area (Å²) in [5.74, 6) is 0. The van der Waals surface area contributed by atoms with Crippen LogP contribution in [-0.4, -0.2) is 16.3 Å². The normalized spacial score (nSPS) is 10.9. The Kier molecular flexibility index (Phi) is 2.87. The topological polar surface area (TPSA) is 25.2 Å². The van der Waals surface area contributed by atoms with Crippen molar-refractivity contribution in [2.24, 2.45) is 0 Å². The number of aliphatic hydroxyl groups excluding tert-OH is 1. The number of aromatic nitrogens is 1. The number of fused-ring (bicyclic) bond motifs is 1. The van der Waals surface area contributed by atoms with Gasteiger partial charge in [0, 0.05) is 18.5 Å². The maximum absolute atomic E-state index is 8.91. The molecule has 0 aliphatic heterocycles. The minimum atomic E-state index is 0.200. The van der Waals surface area contributed by atoms with Crippen LogP contribution in [0.1, 0.15) is 5.56 Å². The number of benzene rings is 2. The summed E-state index contributed by atoms with van der Waals surface area (Å²) in [6.07, 6.45) is 2.80. The molecule has 0 saturated carbocycles. The molecule has 0 fully saturated rings. The molecule has 3 rings (SSSR count). The maximum atomic E-state index is 8.91. The highest BCUT2D eigenvalue weighted by atomic mass is 16.2. The summed E-state index contributed by atoms with van der Waals surface area (Å²) in [7, 11) is 0. The van der Waals surface area contributed by atoms with E-state index in [1.807, 2.05) is 0 Å². The van der Waals surface area contributed by atoms with Crippen LogP contribution in [0.15, 0.2) is 60.8 Å². The van der Waals surface area contributed by atoms with Crippen LogP contribution in [0.5, 0.6) is 0 Å². The number of rotatable bonds is 3. The minimum Gasteiger partial charge on any atom is -0.396 e. The number of nitrogens with zero attached hydrogens (tertiary/aromatic N) is 1. The van der Waals surface area contributed by atoms with Gasteiger partial charge >= 0.3 is 0 Å². The third-order valence-corrected chi connectivity index (χ3v) is 3.21. The second-order valence-electron chi connectivity index (χ2n) is 4.38. The third kappa shape index (κ3) is 1.91. The van der Waals surface area contributed by atoms with E-state index >= 15 is 0 Å². The Morgan fingerprint density at radius 3 is 2.44 bits per heavy atom. The highest BCUT2D eigenvalue weighted by Crippen LogP contribution is 2.20. The molecule has 1 heterocycles. The van der Waals surface area contributed by atoms with Crippen molar-refractivity contribution < 1.29 is 5.11 Å². The van der Waals surface area contributed by atoms with E-state index in [-0.39, 0.29) is 6.61 Å². The van der Waals surface area contributed by atoms with Gasteiger partial charge in [0.25, 0.3) is 0 Å². The van der Waals surface area contributed by atoms with Gasteiger partial charge in [-0.2, -0.15) is 0 Å². The van der Waals surface area contributed by atoms with Crippen LogP contribution in [0.25, 0.3) is 16.6 Å². The zero-order chi connectivity index (χ0) is 12.4. The molecule has 90 valence electrons. The summed E-state index contributed by atoms with van der Waals surface area (Å²) in [5, 5.41) is 10.2. The third-order valence-electron chi connectivity index (χ3n) is 3.21. The molecule has 18 heavy (non-hydrogen) atoms. The lowest BCUT2D eigenvalue weighted by Gasteiger charge is -2.06. The van der Waals surface area contributed by atoms with E-state index < -0.39 is 0 Å². The van der Waals surface area contributed by atoms with Crippen LogP contribution in [0.3, 0.4) is 0 Å². The fraction of sp³-hybridized carbons (Fsp3) is 0.125. The van der Waals surface area contributed by atoms with E-state index in [0.29, 0.717) is 6.42 Å². The van der Waals surface area contributed by atoms with Gasteiger partial charge in [0.1, 0.15) is 0 Å². The Hall–Kier alpha value is -2.06. The van der Waals surface area contributed by atoms with Crippen molar-refractivity contribution in [3.8, 4) is 5.69 Å². The molecule has 2 heteroatoms. The first-order chi connectivity index (χ1) is 8.88. The monoisotopic (exact) mass is 237 g/mol. The minimum absolute atomic E-state index is 0.200. The molecule has 0 saturated heterocycles. The maximum Gasteiger partial charge on any atom is 0.0528 e. The van der Waals surface area contributed by atoms with Gasteiger partial charge in [0.15, 0.2) is 0 Å². The van der Waals surface area contributed by atoms with Crippen LogP contribution in [0.4, 0.5) is 0 Å². The molecular formula is C16H15NO. The predicted molar refractivity (Wildman–Crippen MR) is 74.1 cm³/mol. The van der Waals surface area contributed by atoms with Crippen molar-refractivity contribution in [2.45, 2.75) is 6.42 Å². The van der Waals surface area contributed by atoms with E-state index in [1.54, 1.807) is 0 Å². The summed E-state index contributed by atoms with van der Waals surface area (Å²) in [6, 6.07) is 18.8. The second kappa shape index (κ2) is 4.67. The number of aliphatic hydroxyl groups is 1. The smallest absolute Gasteiger partial charge is 0.0528 e. The van der Waals surface area contributed by atoms with Crippen molar-refractivity contribution in [3.63, 3.8) is 0 Å². The van der Waals surface area contributed by atoms with Gasteiger partial charge in [-0.15, -0.1) is 0 Å². The molecule has 0 aliphatic carbocycles. The first kappa shape index (κ1) is 11.1. The molecule has 0 spiro atoms. The predicted octanol–water partition coefficient (Wildman–Crippen LogP) is 3.17. The van der Waals surface area contributed by atoms with E-state index in [4.69, 9.17) is 5.11 Å². The largest absolute Gasteiger partial charge is 0.396 e. The van der Waals surface area contributed by atoms with Gasteiger partial charge in [-0.1, -0.05) is 30.3 Å². The van der Waals surface area contributed by atoms with E-state index in [2.05, 4.69) is 65.4 Å². The van der Waals surface area contributed by atoms with Gasteiger partial charge in [-0.25, -0.2) is 0 Å². The Labute approximate surface area is 106 Å². The van der Waals surface area contributed by atoms with Crippen molar-refractivity contribution in [2.75, 3.05) is 6.61 Å². The van der Waals surface area contributed by atoms with E-state index in [9.17, 15) is 0 Å². The number of hydrogen-bond acceptors (Lipinski definition) is 1. The van der Waals surface area contributed by atoms with E-state index in [0.717, 1.165) is 11.3 Å². The van der Waals surface area contributed by atoms with E-state index in [1.165, 1.54) is 10.9 Å². The van der Waals surface area contributed by atoms with Gasteiger partial charge < -0.3 is 9.67 Å². The van der Waals surface area contributed by atoms with Crippen molar-refractivity contribution in [1.82, 2.24) is 4.57 Å². The Bertz CT molecular complexity index is 652. The molecule has 2 aromatic carbocycles. The summed E-state index contributed by atoms with van der Waals surface area (Å²) < 4.78 is 2.18.